The molecule has 0 aliphatic heterocycles. The number of benzene rings is 1. The molecule has 0 saturated carbocycles. The van der Waals surface area contributed by atoms with E-state index >= 15 is 0 Å². The largest absolute Gasteiger partial charge is 0.281 e. The number of carbonyl (C=O) groups excluding carboxylic acids is 1. The molecule has 0 atom stereocenters. The maximum atomic E-state index is 10.6. The molecule has 1 rings (SSSR count). The highest BCUT2D eigenvalue weighted by molar-refractivity contribution is 9.18. The molecule has 1 aromatic rings. The smallest absolute Gasteiger partial charge is 0.228 e. The molecule has 0 bridgehead atoms. The van der Waals surface area contributed by atoms with Crippen LogP contribution in [0.1, 0.15) is 10.4 Å². The fourth-order valence-electron chi connectivity index (χ4n) is 0.592. The monoisotopic (exact) mass is 216 g/mol. The summed E-state index contributed by atoms with van der Waals surface area (Å²) in [4.78, 5) is 11.5. The summed E-state index contributed by atoms with van der Waals surface area (Å²) in [5, 5.41) is 0. The van der Waals surface area contributed by atoms with Crippen molar-refractivity contribution in [1.82, 2.24) is 0 Å². The SMILES string of the molecule is O=C(Br)c1ccc(S)cc1. The van der Waals surface area contributed by atoms with E-state index in [4.69, 9.17) is 0 Å². The van der Waals surface area contributed by atoms with Gasteiger partial charge in [0.05, 0.1) is 0 Å². The summed E-state index contributed by atoms with van der Waals surface area (Å²) >= 11 is 6.92. The van der Waals surface area contributed by atoms with E-state index in [-0.39, 0.29) is 4.69 Å². The summed E-state index contributed by atoms with van der Waals surface area (Å²) < 4.78 is -0.0965. The van der Waals surface area contributed by atoms with Crippen LogP contribution in [-0.4, -0.2) is 4.69 Å². The molecule has 0 amide bonds. The van der Waals surface area contributed by atoms with E-state index in [1.165, 1.54) is 0 Å². The molecular weight excluding hydrogens is 212 g/mol. The van der Waals surface area contributed by atoms with Gasteiger partial charge in [-0.15, -0.1) is 12.6 Å². The van der Waals surface area contributed by atoms with E-state index in [0.717, 1.165) is 4.90 Å². The molecule has 0 spiro atoms. The summed E-state index contributed by atoms with van der Waals surface area (Å²) in [5.74, 6) is 0. The third-order valence-corrected chi connectivity index (χ3v) is 1.85. The second kappa shape index (κ2) is 3.21. The van der Waals surface area contributed by atoms with Gasteiger partial charge < -0.3 is 0 Å². The number of carbonyl (C=O) groups is 1. The van der Waals surface area contributed by atoms with Crippen LogP contribution >= 0.6 is 28.6 Å². The highest BCUT2D eigenvalue weighted by atomic mass is 79.9. The topological polar surface area (TPSA) is 17.1 Å². The van der Waals surface area contributed by atoms with Crippen molar-refractivity contribution >= 4 is 33.3 Å². The van der Waals surface area contributed by atoms with Crippen LogP contribution in [0.25, 0.3) is 0 Å². The predicted octanol–water partition coefficient (Wildman–Crippen LogP) is 2.51. The van der Waals surface area contributed by atoms with Gasteiger partial charge in [0.1, 0.15) is 0 Å². The van der Waals surface area contributed by atoms with Gasteiger partial charge in [-0.25, -0.2) is 0 Å². The average Bonchev–Trinajstić information content (AvgIpc) is 1.88. The zero-order chi connectivity index (χ0) is 7.56. The summed E-state index contributed by atoms with van der Waals surface area (Å²) in [6.45, 7) is 0. The van der Waals surface area contributed by atoms with E-state index in [0.29, 0.717) is 5.56 Å². The molecule has 0 aliphatic carbocycles. The van der Waals surface area contributed by atoms with Gasteiger partial charge in [-0.3, -0.25) is 4.79 Å². The van der Waals surface area contributed by atoms with Crippen LogP contribution in [0, 0.1) is 0 Å². The highest BCUT2D eigenvalue weighted by Gasteiger charge is 1.97. The van der Waals surface area contributed by atoms with E-state index < -0.39 is 0 Å². The van der Waals surface area contributed by atoms with Gasteiger partial charge in [0.2, 0.25) is 4.69 Å². The van der Waals surface area contributed by atoms with Crippen molar-refractivity contribution in [1.29, 1.82) is 0 Å². The first-order chi connectivity index (χ1) is 4.70. The van der Waals surface area contributed by atoms with Crippen molar-refractivity contribution in [2.75, 3.05) is 0 Å². The zero-order valence-corrected chi connectivity index (χ0v) is 7.52. The zero-order valence-electron chi connectivity index (χ0n) is 5.04. The van der Waals surface area contributed by atoms with Gasteiger partial charge in [0.15, 0.2) is 0 Å². The summed E-state index contributed by atoms with van der Waals surface area (Å²) in [5.41, 5.74) is 0.651. The summed E-state index contributed by atoms with van der Waals surface area (Å²) in [7, 11) is 0. The molecular formula is C7H5BrOS. The standard InChI is InChI=1S/C7H5BrOS/c8-7(9)5-1-3-6(10)4-2-5/h1-4,10H. The van der Waals surface area contributed by atoms with Crippen LogP contribution in [0.3, 0.4) is 0 Å². The minimum Gasteiger partial charge on any atom is -0.281 e. The fraction of sp³-hybridized carbons (Fsp3) is 0. The lowest BCUT2D eigenvalue weighted by Crippen LogP contribution is -1.85. The molecule has 1 nitrogen and oxygen atoms in total. The van der Waals surface area contributed by atoms with Gasteiger partial charge in [-0.1, -0.05) is 0 Å². The van der Waals surface area contributed by atoms with Gasteiger partial charge in [0, 0.05) is 10.5 Å². The second-order valence-electron chi connectivity index (χ2n) is 1.82. The number of hydrogen-bond acceptors (Lipinski definition) is 2. The lowest BCUT2D eigenvalue weighted by Gasteiger charge is -1.92. The molecule has 0 fully saturated rings. The van der Waals surface area contributed by atoms with Crippen LogP contribution in [0.15, 0.2) is 29.2 Å². The Bertz CT molecular complexity index is 242. The maximum Gasteiger partial charge on any atom is 0.228 e. The molecule has 0 N–H and O–H groups in total. The van der Waals surface area contributed by atoms with Gasteiger partial charge in [-0.05, 0) is 40.2 Å². The lowest BCUT2D eigenvalue weighted by molar-refractivity contribution is 0.109. The first kappa shape index (κ1) is 7.82. The Morgan fingerprint density at radius 1 is 1.30 bits per heavy atom. The highest BCUT2D eigenvalue weighted by Crippen LogP contribution is 2.09. The fourth-order valence-corrected chi connectivity index (χ4v) is 1.01. The number of thiol groups is 1. The molecule has 10 heavy (non-hydrogen) atoms. The molecule has 0 aromatic heterocycles. The summed E-state index contributed by atoms with van der Waals surface area (Å²) in [6.07, 6.45) is 0. The third kappa shape index (κ3) is 1.85. The van der Waals surface area contributed by atoms with Crippen LogP contribution < -0.4 is 0 Å². The van der Waals surface area contributed by atoms with Crippen molar-refractivity contribution in [2.24, 2.45) is 0 Å². The molecule has 0 saturated heterocycles. The first-order valence-corrected chi connectivity index (χ1v) is 3.93. The van der Waals surface area contributed by atoms with Crippen LogP contribution in [0.5, 0.6) is 0 Å². The van der Waals surface area contributed by atoms with Gasteiger partial charge >= 0.3 is 0 Å². The Labute approximate surface area is 73.0 Å². The first-order valence-electron chi connectivity index (χ1n) is 2.69. The second-order valence-corrected chi connectivity index (χ2v) is 3.06. The molecule has 0 radical (unpaired) electrons. The van der Waals surface area contributed by atoms with E-state index in [2.05, 4.69) is 28.6 Å². The lowest BCUT2D eigenvalue weighted by atomic mass is 10.2. The Kier molecular flexibility index (Phi) is 2.51. The van der Waals surface area contributed by atoms with Gasteiger partial charge in [0.25, 0.3) is 0 Å². The minimum atomic E-state index is -0.0965. The maximum absolute atomic E-state index is 10.6. The van der Waals surface area contributed by atoms with Crippen molar-refractivity contribution in [3.63, 3.8) is 0 Å². The Morgan fingerprint density at radius 2 is 1.80 bits per heavy atom. The van der Waals surface area contributed by atoms with E-state index in [1.807, 2.05) is 0 Å². The van der Waals surface area contributed by atoms with Crippen LogP contribution in [0.4, 0.5) is 0 Å². The molecule has 1 aromatic carbocycles. The Morgan fingerprint density at radius 3 is 2.20 bits per heavy atom. The number of halogens is 1. The normalized spacial score (nSPS) is 9.40. The Hall–Kier alpha value is -0.280. The van der Waals surface area contributed by atoms with Crippen molar-refractivity contribution in [3.8, 4) is 0 Å². The van der Waals surface area contributed by atoms with E-state index in [9.17, 15) is 4.79 Å². The predicted molar refractivity (Wildman–Crippen MR) is 47.0 cm³/mol. The molecule has 3 heteroatoms. The van der Waals surface area contributed by atoms with Crippen molar-refractivity contribution < 1.29 is 4.79 Å². The molecule has 0 heterocycles. The number of hydrogen-bond donors (Lipinski definition) is 1. The van der Waals surface area contributed by atoms with Crippen LogP contribution in [0.2, 0.25) is 0 Å². The average molecular weight is 217 g/mol. The summed E-state index contributed by atoms with van der Waals surface area (Å²) in [6, 6.07) is 6.99. The molecule has 0 aliphatic rings. The van der Waals surface area contributed by atoms with Crippen LogP contribution in [-0.2, 0) is 0 Å². The van der Waals surface area contributed by atoms with Crippen molar-refractivity contribution in [3.05, 3.63) is 29.8 Å². The quantitative estimate of drug-likeness (QED) is 0.565. The molecule has 0 unspecified atom stereocenters. The molecule has 52 valence electrons. The van der Waals surface area contributed by atoms with Gasteiger partial charge in [-0.2, -0.15) is 0 Å². The minimum absolute atomic E-state index is 0.0965. The third-order valence-electron chi connectivity index (χ3n) is 1.09. The Balaban J connectivity index is 3.00. The number of rotatable bonds is 1. The van der Waals surface area contributed by atoms with E-state index in [1.54, 1.807) is 24.3 Å². The van der Waals surface area contributed by atoms with Crippen molar-refractivity contribution in [2.45, 2.75) is 4.90 Å².